The lowest BCUT2D eigenvalue weighted by Gasteiger charge is -2.32. The fourth-order valence-electron chi connectivity index (χ4n) is 1.53. The molecule has 0 aliphatic rings. The zero-order valence-electron chi connectivity index (χ0n) is 10.1. The molecule has 3 nitrogen and oxygen atoms in total. The van der Waals surface area contributed by atoms with Gasteiger partial charge in [-0.3, -0.25) is 4.79 Å². The zero-order chi connectivity index (χ0) is 12.1. The van der Waals surface area contributed by atoms with Crippen molar-refractivity contribution in [2.24, 2.45) is 11.7 Å². The standard InChI is InChI=1S/C11H22N2OS/c1-5-11(6-2,10(12)15)13-9(14)7-8(3)4/h8H,5-7H2,1-4H3,(H2,12,15)(H,13,14). The van der Waals surface area contributed by atoms with Gasteiger partial charge in [-0.05, 0) is 18.8 Å². The third kappa shape index (κ3) is 4.16. The fourth-order valence-corrected chi connectivity index (χ4v) is 1.87. The molecule has 0 unspecified atom stereocenters. The number of carbonyl (C=O) groups is 1. The molecule has 0 spiro atoms. The highest BCUT2D eigenvalue weighted by molar-refractivity contribution is 7.80. The Kier molecular flexibility index (Phi) is 5.80. The van der Waals surface area contributed by atoms with Gasteiger partial charge in [0.25, 0.3) is 0 Å². The number of nitrogens with two attached hydrogens (primary N) is 1. The summed E-state index contributed by atoms with van der Waals surface area (Å²) in [6.45, 7) is 8.00. The molecular formula is C11H22N2OS. The van der Waals surface area contributed by atoms with Crippen LogP contribution in [-0.2, 0) is 4.79 Å². The second kappa shape index (κ2) is 6.05. The summed E-state index contributed by atoms with van der Waals surface area (Å²) in [5.74, 6) is 0.379. The van der Waals surface area contributed by atoms with Crippen LogP contribution < -0.4 is 11.1 Å². The predicted molar refractivity (Wildman–Crippen MR) is 67.7 cm³/mol. The molecule has 0 radical (unpaired) electrons. The molecule has 0 saturated heterocycles. The van der Waals surface area contributed by atoms with Crippen LogP contribution in [0.5, 0.6) is 0 Å². The molecule has 0 aliphatic carbocycles. The van der Waals surface area contributed by atoms with Crippen molar-refractivity contribution in [3.05, 3.63) is 0 Å². The Labute approximate surface area is 97.8 Å². The van der Waals surface area contributed by atoms with E-state index < -0.39 is 5.54 Å². The molecule has 0 heterocycles. The van der Waals surface area contributed by atoms with Crippen LogP contribution in [0.15, 0.2) is 0 Å². The fraction of sp³-hybridized carbons (Fsp3) is 0.818. The summed E-state index contributed by atoms with van der Waals surface area (Å²) >= 11 is 5.02. The van der Waals surface area contributed by atoms with Gasteiger partial charge in [-0.2, -0.15) is 0 Å². The zero-order valence-corrected chi connectivity index (χ0v) is 10.9. The molecule has 0 aromatic carbocycles. The van der Waals surface area contributed by atoms with Crippen molar-refractivity contribution in [1.82, 2.24) is 5.32 Å². The third-order valence-corrected chi connectivity index (χ3v) is 3.04. The Morgan fingerprint density at radius 2 is 1.87 bits per heavy atom. The maximum Gasteiger partial charge on any atom is 0.221 e. The molecular weight excluding hydrogens is 208 g/mol. The maximum absolute atomic E-state index is 11.7. The quantitative estimate of drug-likeness (QED) is 0.686. The largest absolute Gasteiger partial charge is 0.391 e. The Balaban J connectivity index is 4.54. The van der Waals surface area contributed by atoms with Gasteiger partial charge >= 0.3 is 0 Å². The minimum atomic E-state index is -0.499. The minimum Gasteiger partial charge on any atom is -0.391 e. The van der Waals surface area contributed by atoms with Crippen LogP contribution in [0.25, 0.3) is 0 Å². The van der Waals surface area contributed by atoms with Gasteiger partial charge < -0.3 is 11.1 Å². The normalized spacial score (nSPS) is 11.5. The van der Waals surface area contributed by atoms with E-state index in [0.717, 1.165) is 12.8 Å². The van der Waals surface area contributed by atoms with E-state index in [1.807, 2.05) is 27.7 Å². The molecule has 0 atom stereocenters. The van der Waals surface area contributed by atoms with E-state index in [2.05, 4.69) is 5.32 Å². The molecule has 0 bridgehead atoms. The third-order valence-electron chi connectivity index (χ3n) is 2.65. The van der Waals surface area contributed by atoms with Crippen molar-refractivity contribution in [2.75, 3.05) is 0 Å². The average molecular weight is 230 g/mol. The van der Waals surface area contributed by atoms with Crippen molar-refractivity contribution in [2.45, 2.75) is 52.5 Å². The maximum atomic E-state index is 11.7. The first-order valence-corrected chi connectivity index (χ1v) is 5.89. The first-order valence-electron chi connectivity index (χ1n) is 5.48. The van der Waals surface area contributed by atoms with E-state index in [4.69, 9.17) is 18.0 Å². The van der Waals surface area contributed by atoms with Gasteiger partial charge in [-0.15, -0.1) is 0 Å². The number of hydrogen-bond acceptors (Lipinski definition) is 2. The second-order valence-electron chi connectivity index (χ2n) is 4.30. The van der Waals surface area contributed by atoms with Gasteiger partial charge in [0.1, 0.15) is 0 Å². The Hall–Kier alpha value is -0.640. The highest BCUT2D eigenvalue weighted by atomic mass is 32.1. The first-order chi connectivity index (χ1) is 6.88. The number of hydrogen-bond donors (Lipinski definition) is 2. The molecule has 1 amide bonds. The van der Waals surface area contributed by atoms with Gasteiger partial charge in [0, 0.05) is 6.42 Å². The summed E-state index contributed by atoms with van der Waals surface area (Å²) in [5, 5.41) is 2.96. The van der Waals surface area contributed by atoms with Crippen LogP contribution >= 0.6 is 12.2 Å². The molecule has 88 valence electrons. The van der Waals surface area contributed by atoms with Crippen LogP contribution in [0.3, 0.4) is 0 Å². The Morgan fingerprint density at radius 1 is 1.40 bits per heavy atom. The summed E-state index contributed by atoms with van der Waals surface area (Å²) in [4.78, 5) is 12.0. The van der Waals surface area contributed by atoms with Gasteiger partial charge in [0.15, 0.2) is 0 Å². The van der Waals surface area contributed by atoms with Gasteiger partial charge in [0.2, 0.25) is 5.91 Å². The van der Waals surface area contributed by atoms with Crippen LogP contribution in [0, 0.1) is 5.92 Å². The molecule has 0 aliphatic heterocycles. The molecule has 3 N–H and O–H groups in total. The summed E-state index contributed by atoms with van der Waals surface area (Å²) in [7, 11) is 0. The van der Waals surface area contributed by atoms with Gasteiger partial charge in [0.05, 0.1) is 10.5 Å². The van der Waals surface area contributed by atoms with E-state index in [1.165, 1.54) is 0 Å². The number of carbonyl (C=O) groups excluding carboxylic acids is 1. The lowest BCUT2D eigenvalue weighted by Crippen LogP contribution is -2.56. The van der Waals surface area contributed by atoms with Crippen molar-refractivity contribution in [3.63, 3.8) is 0 Å². The molecule has 0 fully saturated rings. The topological polar surface area (TPSA) is 55.1 Å². The molecule has 0 rings (SSSR count). The predicted octanol–water partition coefficient (Wildman–Crippen LogP) is 1.99. The highest BCUT2D eigenvalue weighted by Gasteiger charge is 2.31. The molecule has 15 heavy (non-hydrogen) atoms. The Bertz CT molecular complexity index is 235. The monoisotopic (exact) mass is 230 g/mol. The van der Waals surface area contributed by atoms with Crippen LogP contribution in [0.2, 0.25) is 0 Å². The van der Waals surface area contributed by atoms with Crippen molar-refractivity contribution in [3.8, 4) is 0 Å². The number of amides is 1. The average Bonchev–Trinajstić information content (AvgIpc) is 2.12. The lowest BCUT2D eigenvalue weighted by atomic mass is 9.92. The molecule has 4 heteroatoms. The van der Waals surface area contributed by atoms with Gasteiger partial charge in [-0.1, -0.05) is 39.9 Å². The number of rotatable bonds is 6. The van der Waals surface area contributed by atoms with Crippen LogP contribution in [0.1, 0.15) is 47.0 Å². The SMILES string of the molecule is CCC(CC)(NC(=O)CC(C)C)C(N)=S. The minimum absolute atomic E-state index is 0.0292. The second-order valence-corrected chi connectivity index (χ2v) is 4.74. The van der Waals surface area contributed by atoms with Crippen LogP contribution in [-0.4, -0.2) is 16.4 Å². The highest BCUT2D eigenvalue weighted by Crippen LogP contribution is 2.16. The lowest BCUT2D eigenvalue weighted by molar-refractivity contribution is -0.123. The summed E-state index contributed by atoms with van der Waals surface area (Å²) < 4.78 is 0. The smallest absolute Gasteiger partial charge is 0.221 e. The van der Waals surface area contributed by atoms with Crippen LogP contribution in [0.4, 0.5) is 0 Å². The van der Waals surface area contributed by atoms with E-state index in [9.17, 15) is 4.79 Å². The number of thiocarbonyl (C=S) groups is 1. The summed E-state index contributed by atoms with van der Waals surface area (Å²) in [5.41, 5.74) is 5.19. The summed E-state index contributed by atoms with van der Waals surface area (Å²) in [6.07, 6.45) is 2.00. The first kappa shape index (κ1) is 14.4. The van der Waals surface area contributed by atoms with Crippen molar-refractivity contribution >= 4 is 23.1 Å². The van der Waals surface area contributed by atoms with E-state index in [-0.39, 0.29) is 5.91 Å². The Morgan fingerprint density at radius 3 is 2.13 bits per heavy atom. The van der Waals surface area contributed by atoms with E-state index >= 15 is 0 Å². The molecule has 0 aromatic heterocycles. The van der Waals surface area contributed by atoms with Crippen molar-refractivity contribution in [1.29, 1.82) is 0 Å². The number of nitrogens with one attached hydrogen (secondary N) is 1. The molecule has 0 aromatic rings. The van der Waals surface area contributed by atoms with E-state index in [0.29, 0.717) is 17.3 Å². The van der Waals surface area contributed by atoms with Gasteiger partial charge in [-0.25, -0.2) is 0 Å². The van der Waals surface area contributed by atoms with Crippen molar-refractivity contribution < 1.29 is 4.79 Å². The summed E-state index contributed by atoms with van der Waals surface area (Å²) in [6, 6.07) is 0. The van der Waals surface area contributed by atoms with E-state index in [1.54, 1.807) is 0 Å². The molecule has 0 saturated carbocycles.